The maximum absolute atomic E-state index is 6.27. The molecule has 0 saturated carbocycles. The van der Waals surface area contributed by atoms with Crippen LogP contribution in [0.1, 0.15) is 26.3 Å². The SMILES string of the molecule is CC[Si](CC)(CC)Oc1cccc(C)c1. The standard InChI is InChI=1S/C13H22OSi/c1-5-15(6-2,7-3)14-13-10-8-9-12(4)11-13/h8-11H,5-7H2,1-4H3. The average molecular weight is 222 g/mol. The summed E-state index contributed by atoms with van der Waals surface area (Å²) in [5, 5.41) is 0. The number of benzene rings is 1. The van der Waals surface area contributed by atoms with Crippen LogP contribution in [0.25, 0.3) is 0 Å². The Kier molecular flexibility index (Phi) is 4.39. The molecular formula is C13H22OSi. The van der Waals surface area contributed by atoms with Crippen molar-refractivity contribution in [3.05, 3.63) is 29.8 Å². The van der Waals surface area contributed by atoms with E-state index in [2.05, 4.69) is 52.0 Å². The first-order valence-electron chi connectivity index (χ1n) is 5.91. The maximum atomic E-state index is 6.27. The second-order valence-corrected chi connectivity index (χ2v) is 8.85. The summed E-state index contributed by atoms with van der Waals surface area (Å²) in [6, 6.07) is 12.0. The third kappa shape index (κ3) is 3.10. The molecule has 0 fully saturated rings. The van der Waals surface area contributed by atoms with E-state index in [4.69, 9.17) is 4.43 Å². The van der Waals surface area contributed by atoms with E-state index in [-0.39, 0.29) is 0 Å². The Morgan fingerprint density at radius 3 is 2.13 bits per heavy atom. The van der Waals surface area contributed by atoms with Gasteiger partial charge in [0.25, 0.3) is 0 Å². The molecule has 1 aromatic carbocycles. The van der Waals surface area contributed by atoms with Crippen LogP contribution < -0.4 is 4.43 Å². The molecule has 0 atom stereocenters. The average Bonchev–Trinajstić information content (AvgIpc) is 2.26. The molecule has 0 saturated heterocycles. The minimum Gasteiger partial charge on any atom is -0.543 e. The molecule has 1 rings (SSSR count). The van der Waals surface area contributed by atoms with E-state index in [1.807, 2.05) is 0 Å². The Hall–Kier alpha value is -0.763. The van der Waals surface area contributed by atoms with Crippen LogP contribution in [0.15, 0.2) is 24.3 Å². The number of rotatable bonds is 5. The van der Waals surface area contributed by atoms with Crippen LogP contribution in [-0.4, -0.2) is 8.32 Å². The third-order valence-corrected chi connectivity index (χ3v) is 7.79. The van der Waals surface area contributed by atoms with Crippen LogP contribution in [0.5, 0.6) is 5.75 Å². The van der Waals surface area contributed by atoms with Gasteiger partial charge in [-0.25, -0.2) is 0 Å². The first-order chi connectivity index (χ1) is 7.15. The minimum absolute atomic E-state index is 1.06. The van der Waals surface area contributed by atoms with Gasteiger partial charge in [0.2, 0.25) is 8.32 Å². The first-order valence-corrected chi connectivity index (χ1v) is 8.44. The van der Waals surface area contributed by atoms with Crippen LogP contribution >= 0.6 is 0 Å². The van der Waals surface area contributed by atoms with E-state index in [1.54, 1.807) is 0 Å². The molecule has 0 unspecified atom stereocenters. The highest BCUT2D eigenvalue weighted by atomic mass is 28.4. The van der Waals surface area contributed by atoms with E-state index in [1.165, 1.54) is 23.7 Å². The lowest BCUT2D eigenvalue weighted by Crippen LogP contribution is -2.39. The van der Waals surface area contributed by atoms with Gasteiger partial charge >= 0.3 is 0 Å². The fourth-order valence-electron chi connectivity index (χ4n) is 1.90. The Morgan fingerprint density at radius 2 is 1.67 bits per heavy atom. The van der Waals surface area contributed by atoms with Crippen molar-refractivity contribution >= 4 is 8.32 Å². The summed E-state index contributed by atoms with van der Waals surface area (Å²) >= 11 is 0. The van der Waals surface area contributed by atoms with Gasteiger partial charge in [-0.15, -0.1) is 0 Å². The molecule has 0 N–H and O–H groups in total. The lowest BCUT2D eigenvalue weighted by molar-refractivity contribution is 0.531. The van der Waals surface area contributed by atoms with Crippen LogP contribution in [0.2, 0.25) is 18.1 Å². The lowest BCUT2D eigenvalue weighted by atomic mass is 10.2. The van der Waals surface area contributed by atoms with E-state index in [9.17, 15) is 0 Å². The smallest absolute Gasteiger partial charge is 0.250 e. The summed E-state index contributed by atoms with van der Waals surface area (Å²) in [7, 11) is -1.48. The maximum Gasteiger partial charge on any atom is 0.250 e. The fourth-order valence-corrected chi connectivity index (χ4v) is 4.46. The summed E-state index contributed by atoms with van der Waals surface area (Å²) in [4.78, 5) is 0. The van der Waals surface area contributed by atoms with Crippen molar-refractivity contribution in [3.63, 3.8) is 0 Å². The Balaban J connectivity index is 2.82. The molecule has 0 spiro atoms. The van der Waals surface area contributed by atoms with Gasteiger partial charge in [-0.3, -0.25) is 0 Å². The van der Waals surface area contributed by atoms with Gasteiger partial charge in [0.15, 0.2) is 0 Å². The zero-order valence-corrected chi connectivity index (χ0v) is 11.3. The highest BCUT2D eigenvalue weighted by Crippen LogP contribution is 2.25. The molecule has 0 heterocycles. The molecule has 0 aliphatic heterocycles. The quantitative estimate of drug-likeness (QED) is 0.672. The summed E-state index contributed by atoms with van der Waals surface area (Å²) in [6.45, 7) is 8.89. The summed E-state index contributed by atoms with van der Waals surface area (Å²) in [5.74, 6) is 1.06. The first kappa shape index (κ1) is 12.3. The number of hydrogen-bond acceptors (Lipinski definition) is 1. The minimum atomic E-state index is -1.48. The predicted molar refractivity (Wildman–Crippen MR) is 69.0 cm³/mol. The van der Waals surface area contributed by atoms with Gasteiger partial charge in [0.05, 0.1) is 0 Å². The van der Waals surface area contributed by atoms with Gasteiger partial charge in [-0.1, -0.05) is 32.9 Å². The molecule has 1 aromatic rings. The summed E-state index contributed by atoms with van der Waals surface area (Å²) < 4.78 is 6.27. The Labute approximate surface area is 94.6 Å². The zero-order chi connectivity index (χ0) is 11.3. The van der Waals surface area contributed by atoms with Crippen molar-refractivity contribution < 1.29 is 4.43 Å². The second-order valence-electron chi connectivity index (χ2n) is 4.16. The largest absolute Gasteiger partial charge is 0.543 e. The lowest BCUT2D eigenvalue weighted by Gasteiger charge is -2.29. The number of hydrogen-bond donors (Lipinski definition) is 0. The third-order valence-electron chi connectivity index (χ3n) is 3.26. The normalized spacial score (nSPS) is 11.5. The van der Waals surface area contributed by atoms with Crippen LogP contribution in [-0.2, 0) is 0 Å². The molecule has 0 aromatic heterocycles. The molecule has 1 nitrogen and oxygen atoms in total. The summed E-state index contributed by atoms with van der Waals surface area (Å²) in [5.41, 5.74) is 1.28. The van der Waals surface area contributed by atoms with Crippen molar-refractivity contribution in [3.8, 4) is 5.75 Å². The molecule has 0 aliphatic rings. The zero-order valence-electron chi connectivity index (χ0n) is 10.3. The molecular weight excluding hydrogens is 200 g/mol. The molecule has 0 amide bonds. The van der Waals surface area contributed by atoms with Crippen molar-refractivity contribution in [1.82, 2.24) is 0 Å². The molecule has 0 radical (unpaired) electrons. The van der Waals surface area contributed by atoms with Crippen molar-refractivity contribution in [2.45, 2.75) is 45.8 Å². The van der Waals surface area contributed by atoms with Crippen molar-refractivity contribution in [2.75, 3.05) is 0 Å². The van der Waals surface area contributed by atoms with Gasteiger partial charge in [-0.05, 0) is 42.8 Å². The van der Waals surface area contributed by atoms with Gasteiger partial charge < -0.3 is 4.43 Å². The van der Waals surface area contributed by atoms with Gasteiger partial charge in [0.1, 0.15) is 5.75 Å². The predicted octanol–water partition coefficient (Wildman–Crippen LogP) is 4.38. The topological polar surface area (TPSA) is 9.23 Å². The van der Waals surface area contributed by atoms with E-state index >= 15 is 0 Å². The van der Waals surface area contributed by atoms with Crippen molar-refractivity contribution in [1.29, 1.82) is 0 Å². The molecule has 0 aliphatic carbocycles. The second kappa shape index (κ2) is 5.36. The van der Waals surface area contributed by atoms with Gasteiger partial charge in [0, 0.05) is 0 Å². The Bertz CT molecular complexity index is 297. The fraction of sp³-hybridized carbons (Fsp3) is 0.538. The molecule has 2 heteroatoms. The van der Waals surface area contributed by atoms with Crippen LogP contribution in [0, 0.1) is 6.92 Å². The number of aryl methyl sites for hydroxylation is 1. The van der Waals surface area contributed by atoms with E-state index in [0.29, 0.717) is 0 Å². The highest BCUT2D eigenvalue weighted by Gasteiger charge is 2.30. The summed E-state index contributed by atoms with van der Waals surface area (Å²) in [6.07, 6.45) is 0. The van der Waals surface area contributed by atoms with E-state index in [0.717, 1.165) is 5.75 Å². The molecule has 84 valence electrons. The van der Waals surface area contributed by atoms with Gasteiger partial charge in [-0.2, -0.15) is 0 Å². The van der Waals surface area contributed by atoms with E-state index < -0.39 is 8.32 Å². The van der Waals surface area contributed by atoms with Crippen molar-refractivity contribution in [2.24, 2.45) is 0 Å². The Morgan fingerprint density at radius 1 is 1.07 bits per heavy atom. The molecule has 0 bridgehead atoms. The monoisotopic (exact) mass is 222 g/mol. The highest BCUT2D eigenvalue weighted by molar-refractivity contribution is 6.74. The van der Waals surface area contributed by atoms with Crippen LogP contribution in [0.4, 0.5) is 0 Å². The van der Waals surface area contributed by atoms with Crippen LogP contribution in [0.3, 0.4) is 0 Å². The molecule has 15 heavy (non-hydrogen) atoms.